The predicted octanol–water partition coefficient (Wildman–Crippen LogP) is 2.18. The van der Waals surface area contributed by atoms with E-state index in [-0.39, 0.29) is 5.89 Å². The second-order valence-corrected chi connectivity index (χ2v) is 4.83. The van der Waals surface area contributed by atoms with Gasteiger partial charge in [-0.2, -0.15) is 0 Å². The van der Waals surface area contributed by atoms with Gasteiger partial charge in [0.05, 0.1) is 12.7 Å². The molecule has 20 heavy (non-hydrogen) atoms. The molecule has 1 aliphatic rings. The van der Waals surface area contributed by atoms with Crippen LogP contribution in [0.25, 0.3) is 11.5 Å². The Morgan fingerprint density at radius 3 is 2.95 bits per heavy atom. The maximum Gasteiger partial charge on any atom is 0.250 e. The minimum atomic E-state index is -0.435. The molecule has 5 nitrogen and oxygen atoms in total. The summed E-state index contributed by atoms with van der Waals surface area (Å²) in [5, 5.41) is 11.2. The molecular formula is C14H16FN3O2. The monoisotopic (exact) mass is 277 g/mol. The van der Waals surface area contributed by atoms with Crippen LogP contribution in [0.4, 0.5) is 4.39 Å². The molecule has 1 heterocycles. The van der Waals surface area contributed by atoms with Crippen molar-refractivity contribution in [2.45, 2.75) is 25.3 Å². The number of ether oxygens (including phenoxy) is 1. The van der Waals surface area contributed by atoms with E-state index in [1.807, 2.05) is 0 Å². The van der Waals surface area contributed by atoms with Crippen molar-refractivity contribution in [1.82, 2.24) is 15.5 Å². The lowest BCUT2D eigenvalue weighted by Crippen LogP contribution is -2.19. The number of halogens is 1. The second-order valence-electron chi connectivity index (χ2n) is 4.83. The highest BCUT2D eigenvalue weighted by atomic mass is 19.1. The maximum absolute atomic E-state index is 13.9. The molecule has 0 atom stereocenters. The van der Waals surface area contributed by atoms with Crippen molar-refractivity contribution in [3.8, 4) is 17.2 Å². The topological polar surface area (TPSA) is 60.2 Å². The van der Waals surface area contributed by atoms with Crippen LogP contribution in [-0.4, -0.2) is 29.9 Å². The van der Waals surface area contributed by atoms with Crippen molar-refractivity contribution in [3.63, 3.8) is 0 Å². The van der Waals surface area contributed by atoms with Gasteiger partial charge in [0, 0.05) is 25.1 Å². The number of rotatable bonds is 6. The van der Waals surface area contributed by atoms with E-state index in [0.717, 1.165) is 6.54 Å². The van der Waals surface area contributed by atoms with E-state index in [2.05, 4.69) is 15.5 Å². The summed E-state index contributed by atoms with van der Waals surface area (Å²) >= 11 is 0. The van der Waals surface area contributed by atoms with Crippen LogP contribution in [-0.2, 0) is 6.42 Å². The lowest BCUT2D eigenvalue weighted by atomic mass is 10.2. The Morgan fingerprint density at radius 2 is 2.25 bits per heavy atom. The Kier molecular flexibility index (Phi) is 3.64. The van der Waals surface area contributed by atoms with E-state index >= 15 is 0 Å². The summed E-state index contributed by atoms with van der Waals surface area (Å²) in [4.78, 5) is 0. The van der Waals surface area contributed by atoms with E-state index in [1.165, 1.54) is 26.0 Å². The Balaban J connectivity index is 1.68. The van der Waals surface area contributed by atoms with Gasteiger partial charge in [-0.1, -0.05) is 0 Å². The first-order valence-corrected chi connectivity index (χ1v) is 6.66. The molecule has 2 aromatic rings. The third-order valence-corrected chi connectivity index (χ3v) is 3.22. The number of aromatic nitrogens is 2. The standard InChI is InChI=1S/C14H16FN3O2/c1-19-10-4-5-11(12(15)8-10)14-18-17-13(20-14)6-7-16-9-2-3-9/h4-5,8-9,16H,2-3,6-7H2,1H3. The van der Waals surface area contributed by atoms with Gasteiger partial charge in [0.25, 0.3) is 5.89 Å². The van der Waals surface area contributed by atoms with E-state index in [9.17, 15) is 4.39 Å². The van der Waals surface area contributed by atoms with Crippen LogP contribution in [0.1, 0.15) is 18.7 Å². The summed E-state index contributed by atoms with van der Waals surface area (Å²) in [5.41, 5.74) is 0.291. The van der Waals surface area contributed by atoms with Crippen molar-refractivity contribution in [2.24, 2.45) is 0 Å². The zero-order chi connectivity index (χ0) is 13.9. The summed E-state index contributed by atoms with van der Waals surface area (Å²) in [5.74, 6) is 0.741. The summed E-state index contributed by atoms with van der Waals surface area (Å²) in [7, 11) is 1.49. The van der Waals surface area contributed by atoms with Crippen molar-refractivity contribution in [2.75, 3.05) is 13.7 Å². The smallest absolute Gasteiger partial charge is 0.250 e. The molecule has 0 bridgehead atoms. The molecule has 0 amide bonds. The van der Waals surface area contributed by atoms with Gasteiger partial charge in [0.1, 0.15) is 11.6 Å². The summed E-state index contributed by atoms with van der Waals surface area (Å²) in [6.45, 7) is 0.803. The van der Waals surface area contributed by atoms with Gasteiger partial charge in [-0.25, -0.2) is 4.39 Å². The van der Waals surface area contributed by atoms with Crippen molar-refractivity contribution >= 4 is 0 Å². The average Bonchev–Trinajstić information content (AvgIpc) is 3.16. The van der Waals surface area contributed by atoms with Gasteiger partial charge in [-0.3, -0.25) is 0 Å². The van der Waals surface area contributed by atoms with Crippen molar-refractivity contribution in [3.05, 3.63) is 29.9 Å². The Hall–Kier alpha value is -1.95. The largest absolute Gasteiger partial charge is 0.497 e. The van der Waals surface area contributed by atoms with E-state index in [4.69, 9.17) is 9.15 Å². The Morgan fingerprint density at radius 1 is 1.40 bits per heavy atom. The normalized spacial score (nSPS) is 14.5. The van der Waals surface area contributed by atoms with Crippen LogP contribution in [0.2, 0.25) is 0 Å². The third-order valence-electron chi connectivity index (χ3n) is 3.22. The lowest BCUT2D eigenvalue weighted by Gasteiger charge is -2.02. The zero-order valence-corrected chi connectivity index (χ0v) is 11.2. The van der Waals surface area contributed by atoms with Gasteiger partial charge < -0.3 is 14.5 Å². The SMILES string of the molecule is COc1ccc(-c2nnc(CCNC3CC3)o2)c(F)c1. The molecule has 1 aliphatic carbocycles. The maximum atomic E-state index is 13.9. The fourth-order valence-electron chi connectivity index (χ4n) is 1.93. The number of nitrogens with zero attached hydrogens (tertiary/aromatic N) is 2. The molecule has 106 valence electrons. The molecular weight excluding hydrogens is 261 g/mol. The first-order valence-electron chi connectivity index (χ1n) is 6.66. The highest BCUT2D eigenvalue weighted by molar-refractivity contribution is 5.55. The van der Waals surface area contributed by atoms with Crippen LogP contribution < -0.4 is 10.1 Å². The Labute approximate surface area is 116 Å². The van der Waals surface area contributed by atoms with E-state index in [1.54, 1.807) is 12.1 Å². The molecule has 0 saturated heterocycles. The fraction of sp³-hybridized carbons (Fsp3) is 0.429. The van der Waals surface area contributed by atoms with Crippen LogP contribution in [0.3, 0.4) is 0 Å². The lowest BCUT2D eigenvalue weighted by molar-refractivity contribution is 0.411. The molecule has 1 fully saturated rings. The van der Waals surface area contributed by atoms with Gasteiger partial charge in [-0.15, -0.1) is 10.2 Å². The molecule has 0 radical (unpaired) electrons. The van der Waals surface area contributed by atoms with Crippen molar-refractivity contribution < 1.29 is 13.5 Å². The highest BCUT2D eigenvalue weighted by Crippen LogP contribution is 2.25. The van der Waals surface area contributed by atoms with Crippen LogP contribution in [0, 0.1) is 5.82 Å². The number of benzene rings is 1. The van der Waals surface area contributed by atoms with Gasteiger partial charge in [-0.05, 0) is 25.0 Å². The fourth-order valence-corrected chi connectivity index (χ4v) is 1.93. The molecule has 0 unspecified atom stereocenters. The van der Waals surface area contributed by atoms with Gasteiger partial charge in [0.2, 0.25) is 5.89 Å². The van der Waals surface area contributed by atoms with Crippen LogP contribution in [0.15, 0.2) is 22.6 Å². The molecule has 1 saturated carbocycles. The molecule has 0 aliphatic heterocycles. The van der Waals surface area contributed by atoms with Crippen LogP contribution in [0.5, 0.6) is 5.75 Å². The number of hydrogen-bond donors (Lipinski definition) is 1. The molecule has 1 aromatic carbocycles. The number of hydrogen-bond acceptors (Lipinski definition) is 5. The zero-order valence-electron chi connectivity index (χ0n) is 11.2. The second kappa shape index (κ2) is 5.58. The van der Waals surface area contributed by atoms with E-state index < -0.39 is 5.82 Å². The minimum absolute atomic E-state index is 0.201. The van der Waals surface area contributed by atoms with Crippen molar-refractivity contribution in [1.29, 1.82) is 0 Å². The summed E-state index contributed by atoms with van der Waals surface area (Å²) in [6.07, 6.45) is 3.14. The summed E-state index contributed by atoms with van der Waals surface area (Å²) in [6, 6.07) is 5.19. The predicted molar refractivity (Wildman–Crippen MR) is 71.0 cm³/mol. The molecule has 1 aromatic heterocycles. The quantitative estimate of drug-likeness (QED) is 0.877. The molecule has 1 N–H and O–H groups in total. The van der Waals surface area contributed by atoms with Crippen LogP contribution >= 0.6 is 0 Å². The molecule has 6 heteroatoms. The Bertz CT molecular complexity index is 596. The highest BCUT2D eigenvalue weighted by Gasteiger charge is 2.20. The number of methoxy groups -OCH3 is 1. The van der Waals surface area contributed by atoms with E-state index in [0.29, 0.717) is 29.7 Å². The third kappa shape index (κ3) is 2.96. The average molecular weight is 277 g/mol. The number of nitrogens with one attached hydrogen (secondary N) is 1. The minimum Gasteiger partial charge on any atom is -0.497 e. The molecule has 0 spiro atoms. The first kappa shape index (κ1) is 13.1. The first-order chi connectivity index (χ1) is 9.76. The van der Waals surface area contributed by atoms with Gasteiger partial charge >= 0.3 is 0 Å². The van der Waals surface area contributed by atoms with Gasteiger partial charge in [0.15, 0.2) is 0 Å². The summed E-state index contributed by atoms with van der Waals surface area (Å²) < 4.78 is 24.3. The molecule has 3 rings (SSSR count).